The van der Waals surface area contributed by atoms with E-state index in [1.807, 2.05) is 60.8 Å². The molecule has 0 amide bonds. The van der Waals surface area contributed by atoms with Gasteiger partial charge in [0, 0.05) is 59.6 Å². The Balaban J connectivity index is 0.000000220. The topological polar surface area (TPSA) is 43.3 Å². The third kappa shape index (κ3) is 4.78. The van der Waals surface area contributed by atoms with E-state index in [9.17, 15) is 0 Å². The summed E-state index contributed by atoms with van der Waals surface area (Å²) >= 11 is 0. The number of hydrogen-bond donors (Lipinski definition) is 0. The van der Waals surface area contributed by atoms with Gasteiger partial charge in [0.05, 0.1) is 5.52 Å². The first-order chi connectivity index (χ1) is 23.2. The van der Waals surface area contributed by atoms with E-state index in [2.05, 4.69) is 107 Å². The first kappa shape index (κ1) is 30.0. The van der Waals surface area contributed by atoms with Crippen LogP contribution in [0.15, 0.2) is 138 Å². The Morgan fingerprint density at radius 1 is 0.604 bits per heavy atom. The van der Waals surface area contributed by atoms with Crippen LogP contribution >= 0.6 is 0 Å². The van der Waals surface area contributed by atoms with Crippen LogP contribution in [0.2, 0.25) is 0 Å². The Kier molecular flexibility index (Phi) is 7.52. The standard InChI is InChI=1S/C32H21N2O.C11H8N.Ir/c1-18(2)19-14-15-33-25(17-19)20-10-11-26-24(16-20)21-7-5-8-23-30-27(34(26)32(21)23)12-13-29-31(30)22-6-3-4-9-28(22)35-29;1-2-6-10(7-3-1)11-8-4-5-9-12-11;/h3-9,11-18H,1-2H3;1-6,8-9H;/q2*-1;. The normalized spacial score (nSPS) is 11.6. The van der Waals surface area contributed by atoms with Crippen molar-refractivity contribution in [2.24, 2.45) is 0 Å². The van der Waals surface area contributed by atoms with Crippen molar-refractivity contribution in [2.45, 2.75) is 19.8 Å². The number of benzene rings is 5. The van der Waals surface area contributed by atoms with Crippen LogP contribution in [-0.4, -0.2) is 14.4 Å². The summed E-state index contributed by atoms with van der Waals surface area (Å²) < 4.78 is 8.60. The van der Waals surface area contributed by atoms with Gasteiger partial charge in [-0.05, 0) is 58.5 Å². The van der Waals surface area contributed by atoms with E-state index in [-0.39, 0.29) is 20.1 Å². The Labute approximate surface area is 291 Å². The van der Waals surface area contributed by atoms with Gasteiger partial charge in [0.15, 0.2) is 0 Å². The van der Waals surface area contributed by atoms with Crippen LogP contribution in [0, 0.1) is 12.1 Å². The predicted octanol–water partition coefficient (Wildman–Crippen LogP) is 11.3. The monoisotopic (exact) mass is 796 g/mol. The third-order valence-corrected chi connectivity index (χ3v) is 9.13. The van der Waals surface area contributed by atoms with Crippen LogP contribution in [0.25, 0.3) is 82.5 Å². The number of nitrogens with zero attached hydrogens (tertiary/aromatic N) is 3. The molecule has 0 aliphatic heterocycles. The molecular weight excluding hydrogens is 767 g/mol. The summed E-state index contributed by atoms with van der Waals surface area (Å²) in [6, 6.07) is 48.3. The zero-order valence-corrected chi connectivity index (χ0v) is 28.8. The molecule has 5 aromatic heterocycles. The minimum atomic E-state index is 0. The van der Waals surface area contributed by atoms with E-state index in [1.54, 1.807) is 6.20 Å². The Morgan fingerprint density at radius 3 is 2.25 bits per heavy atom. The average Bonchev–Trinajstić information content (AvgIpc) is 3.79. The fraction of sp³-hybridized carbons (Fsp3) is 0.0698. The van der Waals surface area contributed by atoms with Gasteiger partial charge in [-0.2, -0.15) is 0 Å². The largest absolute Gasteiger partial charge is 0.456 e. The number of hydrogen-bond acceptors (Lipinski definition) is 3. The van der Waals surface area contributed by atoms with E-state index < -0.39 is 0 Å². The molecule has 5 aromatic carbocycles. The number of para-hydroxylation sites is 2. The maximum absolute atomic E-state index is 6.21. The quantitative estimate of drug-likeness (QED) is 0.167. The van der Waals surface area contributed by atoms with Crippen molar-refractivity contribution < 1.29 is 24.5 Å². The van der Waals surface area contributed by atoms with Crippen molar-refractivity contribution in [2.75, 3.05) is 0 Å². The van der Waals surface area contributed by atoms with Crippen LogP contribution in [0.1, 0.15) is 25.3 Å². The van der Waals surface area contributed by atoms with E-state index in [0.29, 0.717) is 5.92 Å². The molecule has 4 nitrogen and oxygen atoms in total. The predicted molar refractivity (Wildman–Crippen MR) is 193 cm³/mol. The number of pyridine rings is 2. The summed E-state index contributed by atoms with van der Waals surface area (Å²) in [6.45, 7) is 4.43. The van der Waals surface area contributed by atoms with Crippen LogP contribution < -0.4 is 0 Å². The maximum Gasteiger partial charge on any atom is 0.136 e. The van der Waals surface area contributed by atoms with Crippen molar-refractivity contribution >= 4 is 60.0 Å². The molecule has 0 unspecified atom stereocenters. The van der Waals surface area contributed by atoms with E-state index in [1.165, 1.54) is 49.0 Å². The second-order valence-electron chi connectivity index (χ2n) is 12.2. The van der Waals surface area contributed by atoms with Crippen molar-refractivity contribution in [3.63, 3.8) is 0 Å². The SMILES string of the molecule is CC(C)c1ccnc(-c2[c-]cc3c(c2)c2cccc4c5c6c(ccc5n3c24)oc2ccccc26)c1.[Ir].[c-]1ccccc1-c1ccccn1. The first-order valence-electron chi connectivity index (χ1n) is 15.9. The van der Waals surface area contributed by atoms with Gasteiger partial charge in [-0.25, -0.2) is 0 Å². The van der Waals surface area contributed by atoms with Gasteiger partial charge in [0.2, 0.25) is 0 Å². The third-order valence-electron chi connectivity index (χ3n) is 9.13. The van der Waals surface area contributed by atoms with Crippen LogP contribution in [0.4, 0.5) is 0 Å². The van der Waals surface area contributed by atoms with Gasteiger partial charge in [-0.3, -0.25) is 0 Å². The molecule has 5 heterocycles. The van der Waals surface area contributed by atoms with Crippen molar-refractivity contribution in [1.29, 1.82) is 0 Å². The molecule has 48 heavy (non-hydrogen) atoms. The summed E-state index contributed by atoms with van der Waals surface area (Å²) in [4.78, 5) is 8.88. The van der Waals surface area contributed by atoms with E-state index >= 15 is 0 Å². The molecule has 1 radical (unpaired) electrons. The Hall–Kier alpha value is -5.35. The Bertz CT molecular complexity index is 2670. The molecule has 0 aliphatic rings. The van der Waals surface area contributed by atoms with Gasteiger partial charge in [0.1, 0.15) is 11.2 Å². The van der Waals surface area contributed by atoms with Crippen LogP contribution in [-0.2, 0) is 20.1 Å². The molecule has 10 rings (SSSR count). The first-order valence-corrected chi connectivity index (χ1v) is 15.9. The molecule has 0 saturated carbocycles. The molecule has 0 N–H and O–H groups in total. The number of rotatable bonds is 3. The molecule has 5 heteroatoms. The van der Waals surface area contributed by atoms with Gasteiger partial charge in [-0.1, -0.05) is 79.4 Å². The zero-order chi connectivity index (χ0) is 31.5. The number of fused-ring (bicyclic) bond motifs is 10. The summed E-state index contributed by atoms with van der Waals surface area (Å²) in [7, 11) is 0. The van der Waals surface area contributed by atoms with Gasteiger partial charge < -0.3 is 18.8 Å². The summed E-state index contributed by atoms with van der Waals surface area (Å²) in [5.74, 6) is 0.461. The van der Waals surface area contributed by atoms with E-state index in [4.69, 9.17) is 4.42 Å². The fourth-order valence-electron chi connectivity index (χ4n) is 6.90. The summed E-state index contributed by atoms with van der Waals surface area (Å²) in [6.07, 6.45) is 3.69. The second kappa shape index (κ2) is 12.0. The molecule has 233 valence electrons. The van der Waals surface area contributed by atoms with Gasteiger partial charge >= 0.3 is 0 Å². The van der Waals surface area contributed by atoms with E-state index in [0.717, 1.165) is 39.1 Å². The molecule has 0 atom stereocenters. The maximum atomic E-state index is 6.21. The number of aromatic nitrogens is 3. The molecular formula is C43H29IrN3O-2. The molecule has 0 bridgehead atoms. The Morgan fingerprint density at radius 2 is 1.42 bits per heavy atom. The average molecular weight is 796 g/mol. The fourth-order valence-corrected chi connectivity index (χ4v) is 6.90. The smallest absolute Gasteiger partial charge is 0.136 e. The van der Waals surface area contributed by atoms with Gasteiger partial charge in [0.25, 0.3) is 0 Å². The molecule has 0 fully saturated rings. The summed E-state index contributed by atoms with van der Waals surface area (Å²) in [5.41, 5.74) is 10.8. The zero-order valence-electron chi connectivity index (χ0n) is 26.4. The van der Waals surface area contributed by atoms with Crippen molar-refractivity contribution in [1.82, 2.24) is 14.4 Å². The van der Waals surface area contributed by atoms with Crippen LogP contribution in [0.5, 0.6) is 0 Å². The van der Waals surface area contributed by atoms with Crippen molar-refractivity contribution in [3.05, 3.63) is 151 Å². The second-order valence-corrected chi connectivity index (χ2v) is 12.2. The number of furan rings is 1. The summed E-state index contributed by atoms with van der Waals surface area (Å²) in [5, 5.41) is 7.35. The van der Waals surface area contributed by atoms with Crippen molar-refractivity contribution in [3.8, 4) is 22.5 Å². The molecule has 0 spiro atoms. The minimum Gasteiger partial charge on any atom is -0.456 e. The van der Waals surface area contributed by atoms with Gasteiger partial charge in [-0.15, -0.1) is 59.7 Å². The molecule has 0 saturated heterocycles. The van der Waals surface area contributed by atoms with Crippen LogP contribution in [0.3, 0.4) is 0 Å². The molecule has 0 aliphatic carbocycles. The molecule has 10 aromatic rings. The minimum absolute atomic E-state index is 0.